The molecule has 16 nitrogen and oxygen atoms in total. The smallest absolute Gasteiger partial charge is 0.352 e. The van der Waals surface area contributed by atoms with Crippen molar-refractivity contribution in [3.05, 3.63) is 82.5 Å². The third-order valence-corrected chi connectivity index (χ3v) is 8.93. The van der Waals surface area contributed by atoms with Crippen molar-refractivity contribution in [3.63, 3.8) is 0 Å². The number of aromatic hydroxyl groups is 1. The van der Waals surface area contributed by atoms with Gasteiger partial charge in [-0.1, -0.05) is 5.16 Å². The number of carboxylic acids is 1. The molecule has 49 heavy (non-hydrogen) atoms. The Morgan fingerprint density at radius 2 is 1.94 bits per heavy atom. The standard InChI is InChI=1S/C31H27FN8O8S/c32-19-12-17(2-4-22(19)41)34-23(42)13-38-8-6-18(7-9-38)39-10-5-16(28(39)44)11-15-1-3-21-25(29(45)40(21)26(15)30(46)47)36-27(43)24(37-48)20-14-49-31(33)35-20/h2,4,6-9,11-12,14,21,25H,1,3,5,10,13H2,(H6-,33,34,35,36,37,41,42,43,46,47,48)/p+1/b16-11+/t21-,25+/m1/s1. The fourth-order valence-corrected chi connectivity index (χ4v) is 6.49. The molecule has 3 aliphatic rings. The number of pyridine rings is 1. The van der Waals surface area contributed by atoms with Crippen LogP contribution in [0.1, 0.15) is 25.0 Å². The summed E-state index contributed by atoms with van der Waals surface area (Å²) in [6, 6.07) is 5.05. The van der Waals surface area contributed by atoms with Gasteiger partial charge in [0.25, 0.3) is 23.6 Å². The van der Waals surface area contributed by atoms with Gasteiger partial charge < -0.3 is 36.7 Å². The first-order valence-corrected chi connectivity index (χ1v) is 15.7. The van der Waals surface area contributed by atoms with Crippen molar-refractivity contribution < 1.29 is 48.4 Å². The fraction of sp³-hybridized carbons (Fsp3) is 0.226. The van der Waals surface area contributed by atoms with E-state index in [9.17, 15) is 43.8 Å². The van der Waals surface area contributed by atoms with E-state index in [1.54, 1.807) is 29.1 Å². The van der Waals surface area contributed by atoms with Gasteiger partial charge in [-0.3, -0.25) is 24.1 Å². The highest BCUT2D eigenvalue weighted by Gasteiger charge is 2.53. The summed E-state index contributed by atoms with van der Waals surface area (Å²) < 4.78 is 15.1. The van der Waals surface area contributed by atoms with Gasteiger partial charge in [0.05, 0.1) is 11.7 Å². The maximum atomic E-state index is 13.6. The number of amides is 4. The number of carbonyl (C=O) groups excluding carboxylic acids is 4. The number of fused-ring (bicyclic) bond motifs is 1. The number of carboxylic acid groups (broad SMARTS) is 1. The van der Waals surface area contributed by atoms with Crippen LogP contribution in [0.2, 0.25) is 0 Å². The minimum atomic E-state index is -1.36. The summed E-state index contributed by atoms with van der Waals surface area (Å²) in [5.41, 5.74) is 6.27. The molecule has 0 spiro atoms. The molecule has 4 amide bonds. The molecule has 0 radical (unpaired) electrons. The molecule has 1 aromatic carbocycles. The fourth-order valence-electron chi connectivity index (χ4n) is 5.94. The molecule has 3 aliphatic heterocycles. The summed E-state index contributed by atoms with van der Waals surface area (Å²) in [4.78, 5) is 70.6. The van der Waals surface area contributed by atoms with Crippen molar-refractivity contribution in [2.75, 3.05) is 22.5 Å². The number of thiazole rings is 1. The molecule has 0 unspecified atom stereocenters. The van der Waals surface area contributed by atoms with E-state index in [0.29, 0.717) is 36.2 Å². The van der Waals surface area contributed by atoms with E-state index in [-0.39, 0.29) is 41.1 Å². The topological polar surface area (TPSA) is 232 Å². The van der Waals surface area contributed by atoms with E-state index >= 15 is 0 Å². The number of benzene rings is 1. The molecule has 5 heterocycles. The molecule has 0 saturated carbocycles. The lowest BCUT2D eigenvalue weighted by Crippen LogP contribution is -2.72. The molecular formula is C31H28FN8O8S+. The lowest BCUT2D eigenvalue weighted by molar-refractivity contribution is -0.684. The zero-order valence-corrected chi connectivity index (χ0v) is 26.2. The lowest BCUT2D eigenvalue weighted by Gasteiger charge is -2.50. The summed E-state index contributed by atoms with van der Waals surface area (Å²) in [7, 11) is 0. The number of hydrogen-bond acceptors (Lipinski definition) is 11. The zero-order valence-electron chi connectivity index (χ0n) is 25.4. The number of allylic oxidation sites excluding steroid dienone is 2. The average Bonchev–Trinajstić information content (AvgIpc) is 3.66. The van der Waals surface area contributed by atoms with Gasteiger partial charge in [0.15, 0.2) is 34.8 Å². The second kappa shape index (κ2) is 13.1. The van der Waals surface area contributed by atoms with Gasteiger partial charge >= 0.3 is 5.97 Å². The van der Waals surface area contributed by atoms with E-state index < -0.39 is 53.1 Å². The summed E-state index contributed by atoms with van der Waals surface area (Å²) in [5, 5.41) is 38.3. The quantitative estimate of drug-likeness (QED) is 0.0353. The van der Waals surface area contributed by atoms with Crippen molar-refractivity contribution in [1.29, 1.82) is 0 Å². The summed E-state index contributed by atoms with van der Waals surface area (Å²) in [6.45, 7) is 0.210. The molecule has 6 rings (SSSR count). The number of β-lactam (4-membered cyclic amide) rings is 1. The normalized spacial score (nSPS) is 19.9. The monoisotopic (exact) mass is 691 g/mol. The van der Waals surface area contributed by atoms with Crippen molar-refractivity contribution in [1.82, 2.24) is 15.2 Å². The second-order valence-electron chi connectivity index (χ2n) is 11.3. The third-order valence-electron chi connectivity index (χ3n) is 8.26. The predicted octanol–water partition coefficient (Wildman–Crippen LogP) is 0.866. The number of oxime groups is 1. The maximum Gasteiger partial charge on any atom is 0.352 e. The lowest BCUT2D eigenvalue weighted by atomic mass is 9.82. The highest BCUT2D eigenvalue weighted by Crippen LogP contribution is 2.38. The Kier molecular flexibility index (Phi) is 8.79. The Balaban J connectivity index is 1.11. The van der Waals surface area contributed by atoms with Crippen molar-refractivity contribution in [2.45, 2.75) is 37.9 Å². The minimum Gasteiger partial charge on any atom is -0.505 e. The molecule has 18 heteroatoms. The van der Waals surface area contributed by atoms with Gasteiger partial charge in [0, 0.05) is 41.4 Å². The van der Waals surface area contributed by atoms with Crippen LogP contribution in [0.5, 0.6) is 5.75 Å². The zero-order chi connectivity index (χ0) is 35.0. The van der Waals surface area contributed by atoms with Gasteiger partial charge in [-0.15, -0.1) is 11.3 Å². The molecule has 2 atom stereocenters. The van der Waals surface area contributed by atoms with Crippen molar-refractivity contribution in [3.8, 4) is 5.75 Å². The van der Waals surface area contributed by atoms with Gasteiger partial charge in [-0.2, -0.15) is 4.57 Å². The second-order valence-corrected chi connectivity index (χ2v) is 12.2. The Morgan fingerprint density at radius 3 is 2.59 bits per heavy atom. The molecule has 0 bridgehead atoms. The highest BCUT2D eigenvalue weighted by atomic mass is 32.1. The van der Waals surface area contributed by atoms with Gasteiger partial charge in [-0.05, 0) is 43.0 Å². The number of carbonyl (C=O) groups is 5. The number of anilines is 3. The number of halogens is 1. The summed E-state index contributed by atoms with van der Waals surface area (Å²) in [5.74, 6) is -5.09. The van der Waals surface area contributed by atoms with Crippen molar-refractivity contribution >= 4 is 63.2 Å². The van der Waals surface area contributed by atoms with E-state index in [2.05, 4.69) is 20.8 Å². The number of phenols is 1. The average molecular weight is 692 g/mol. The number of phenolic OH excluding ortho intramolecular Hbond substituents is 1. The molecule has 2 fully saturated rings. The van der Waals surface area contributed by atoms with Crippen molar-refractivity contribution in [2.24, 2.45) is 5.16 Å². The van der Waals surface area contributed by atoms with Crippen LogP contribution in [0.25, 0.3) is 0 Å². The van der Waals surface area contributed by atoms with Crippen LogP contribution in [-0.2, 0) is 30.5 Å². The predicted molar refractivity (Wildman–Crippen MR) is 170 cm³/mol. The SMILES string of the molecule is Nc1nc(/C(=N/O)C(=O)N[C@@H]2C(=O)N3C(C(=O)O)=C(/C=C4\CCN(c5cc[n+](CC(=O)Nc6ccc(O)c(F)c6)cc5)C4=O)CC[C@H]23)cs1. The first kappa shape index (κ1) is 32.8. The number of nitrogens with zero attached hydrogens (tertiary/aromatic N) is 5. The van der Waals surface area contributed by atoms with Gasteiger partial charge in [0.2, 0.25) is 6.54 Å². The Labute approximate surface area is 280 Å². The number of aromatic nitrogens is 2. The molecule has 0 aliphatic carbocycles. The van der Waals surface area contributed by atoms with Crippen LogP contribution in [0.4, 0.5) is 20.9 Å². The molecule has 2 aromatic heterocycles. The first-order valence-electron chi connectivity index (χ1n) is 14.8. The van der Waals surface area contributed by atoms with E-state index in [4.69, 9.17) is 5.73 Å². The Morgan fingerprint density at radius 1 is 1.18 bits per heavy atom. The molecular weight excluding hydrogens is 663 g/mol. The Bertz CT molecular complexity index is 1990. The maximum absolute atomic E-state index is 13.6. The number of aliphatic carboxylic acids is 1. The number of rotatable bonds is 9. The molecule has 2 saturated heterocycles. The van der Waals surface area contributed by atoms with E-state index in [1.807, 2.05) is 0 Å². The number of nitrogens with one attached hydrogen (secondary N) is 2. The largest absolute Gasteiger partial charge is 0.505 e. The molecule has 252 valence electrons. The molecule has 7 N–H and O–H groups in total. The van der Waals surface area contributed by atoms with Crippen LogP contribution in [0, 0.1) is 5.82 Å². The number of nitrogen functional groups attached to an aromatic ring is 1. The Hall–Kier alpha value is -6.17. The first-order chi connectivity index (χ1) is 23.4. The summed E-state index contributed by atoms with van der Waals surface area (Å²) >= 11 is 1.03. The van der Waals surface area contributed by atoms with Gasteiger partial charge in [-0.25, -0.2) is 14.2 Å². The highest BCUT2D eigenvalue weighted by molar-refractivity contribution is 7.13. The van der Waals surface area contributed by atoms with Crippen LogP contribution in [0.3, 0.4) is 0 Å². The van der Waals surface area contributed by atoms with E-state index in [1.165, 1.54) is 22.4 Å². The van der Waals surface area contributed by atoms with Crippen LogP contribution in [0.15, 0.2) is 76.2 Å². The van der Waals surface area contributed by atoms with E-state index in [0.717, 1.165) is 28.4 Å². The summed E-state index contributed by atoms with van der Waals surface area (Å²) in [6.07, 6.45) is 5.53. The van der Waals surface area contributed by atoms with Gasteiger partial charge in [0.1, 0.15) is 17.4 Å². The number of hydrogen-bond donors (Lipinski definition) is 6. The molecule has 3 aromatic rings. The van der Waals surface area contributed by atoms with Crippen LogP contribution < -0.4 is 25.8 Å². The third kappa shape index (κ3) is 6.40. The van der Waals surface area contributed by atoms with Crippen LogP contribution >= 0.6 is 11.3 Å². The number of nitrogens with two attached hydrogens (primary N) is 1. The van der Waals surface area contributed by atoms with Crippen LogP contribution in [-0.4, -0.2) is 79.2 Å². The minimum absolute atomic E-state index is 0.0213.